The van der Waals surface area contributed by atoms with Crippen LogP contribution in [0.1, 0.15) is 22.5 Å². The molecular weight excluding hydrogens is 340 g/mol. The molecule has 1 aliphatic heterocycles. The van der Waals surface area contributed by atoms with E-state index in [2.05, 4.69) is 9.97 Å². The van der Waals surface area contributed by atoms with Crippen LogP contribution >= 0.6 is 11.6 Å². The molecule has 1 aromatic carbocycles. The summed E-state index contributed by atoms with van der Waals surface area (Å²) < 4.78 is 0. The molecule has 2 amide bonds. The topological polar surface area (TPSA) is 66.4 Å². The molecule has 7 heteroatoms. The number of hydrogen-bond donors (Lipinski definition) is 0. The normalized spacial score (nSPS) is 14.9. The third-order valence-electron chi connectivity index (χ3n) is 4.19. The summed E-state index contributed by atoms with van der Waals surface area (Å²) in [6.45, 7) is 2.29. The van der Waals surface area contributed by atoms with Gasteiger partial charge >= 0.3 is 0 Å². The smallest absolute Gasteiger partial charge is 0.274 e. The van der Waals surface area contributed by atoms with Gasteiger partial charge in [-0.1, -0.05) is 23.7 Å². The van der Waals surface area contributed by atoms with E-state index in [1.165, 1.54) is 18.6 Å². The van der Waals surface area contributed by atoms with E-state index in [0.717, 1.165) is 12.0 Å². The van der Waals surface area contributed by atoms with E-state index in [-0.39, 0.29) is 11.8 Å². The van der Waals surface area contributed by atoms with Crippen molar-refractivity contribution in [3.63, 3.8) is 0 Å². The predicted octanol–water partition coefficient (Wildman–Crippen LogP) is 2.05. The van der Waals surface area contributed by atoms with Crippen molar-refractivity contribution in [1.29, 1.82) is 0 Å². The summed E-state index contributed by atoms with van der Waals surface area (Å²) in [5.41, 5.74) is 1.27. The second-order valence-corrected chi connectivity index (χ2v) is 6.36. The SMILES string of the molecule is O=C(Cc1ccc(Cl)cc1)N1CCCN(C(=O)c2cnccn2)CC1. The third kappa shape index (κ3) is 4.54. The van der Waals surface area contributed by atoms with Crippen molar-refractivity contribution >= 4 is 23.4 Å². The predicted molar refractivity (Wildman–Crippen MR) is 94.3 cm³/mol. The summed E-state index contributed by atoms with van der Waals surface area (Å²) in [6.07, 6.45) is 5.60. The Bertz CT molecular complexity index is 737. The highest BCUT2D eigenvalue weighted by molar-refractivity contribution is 6.30. The zero-order chi connectivity index (χ0) is 17.6. The number of hydrogen-bond acceptors (Lipinski definition) is 4. The molecule has 0 radical (unpaired) electrons. The summed E-state index contributed by atoms with van der Waals surface area (Å²) in [5, 5.41) is 0.657. The molecule has 1 aromatic heterocycles. The first kappa shape index (κ1) is 17.4. The molecule has 3 rings (SSSR count). The lowest BCUT2D eigenvalue weighted by Gasteiger charge is -2.22. The van der Waals surface area contributed by atoms with Crippen molar-refractivity contribution in [3.8, 4) is 0 Å². The van der Waals surface area contributed by atoms with Crippen molar-refractivity contribution in [2.45, 2.75) is 12.8 Å². The average molecular weight is 359 g/mol. The summed E-state index contributed by atoms with van der Waals surface area (Å²) in [4.78, 5) is 36.5. The van der Waals surface area contributed by atoms with Crippen LogP contribution in [-0.4, -0.2) is 57.8 Å². The first-order chi connectivity index (χ1) is 12.1. The number of halogens is 1. The van der Waals surface area contributed by atoms with E-state index in [1.54, 1.807) is 17.0 Å². The van der Waals surface area contributed by atoms with Gasteiger partial charge < -0.3 is 9.80 Å². The Kier molecular flexibility index (Phi) is 5.60. The van der Waals surface area contributed by atoms with Gasteiger partial charge in [0.05, 0.1) is 12.6 Å². The van der Waals surface area contributed by atoms with Crippen molar-refractivity contribution in [3.05, 3.63) is 59.1 Å². The number of carbonyl (C=O) groups is 2. The molecule has 0 spiro atoms. The molecule has 0 saturated carbocycles. The maximum Gasteiger partial charge on any atom is 0.274 e. The van der Waals surface area contributed by atoms with Crippen LogP contribution in [-0.2, 0) is 11.2 Å². The van der Waals surface area contributed by atoms with Crippen molar-refractivity contribution in [2.24, 2.45) is 0 Å². The van der Waals surface area contributed by atoms with E-state index in [9.17, 15) is 9.59 Å². The minimum Gasteiger partial charge on any atom is -0.341 e. The summed E-state index contributed by atoms with van der Waals surface area (Å²) in [6, 6.07) is 7.30. The largest absolute Gasteiger partial charge is 0.341 e. The van der Waals surface area contributed by atoms with Crippen LogP contribution in [0.15, 0.2) is 42.9 Å². The van der Waals surface area contributed by atoms with Crippen molar-refractivity contribution < 1.29 is 9.59 Å². The molecule has 2 heterocycles. The molecule has 0 bridgehead atoms. The van der Waals surface area contributed by atoms with E-state index in [4.69, 9.17) is 11.6 Å². The Hall–Kier alpha value is -2.47. The van der Waals surface area contributed by atoms with E-state index < -0.39 is 0 Å². The van der Waals surface area contributed by atoms with Gasteiger partial charge in [0, 0.05) is 43.6 Å². The monoisotopic (exact) mass is 358 g/mol. The van der Waals surface area contributed by atoms with Crippen molar-refractivity contribution in [1.82, 2.24) is 19.8 Å². The number of benzene rings is 1. The molecule has 0 atom stereocenters. The van der Waals surface area contributed by atoms with Gasteiger partial charge in [-0.3, -0.25) is 14.6 Å². The lowest BCUT2D eigenvalue weighted by Crippen LogP contribution is -2.38. The highest BCUT2D eigenvalue weighted by atomic mass is 35.5. The summed E-state index contributed by atoms with van der Waals surface area (Å²) in [5.74, 6) is -0.0729. The number of aromatic nitrogens is 2. The van der Waals surface area contributed by atoms with Gasteiger partial charge in [0.25, 0.3) is 5.91 Å². The first-order valence-electron chi connectivity index (χ1n) is 8.21. The Labute approximate surface area is 151 Å². The fourth-order valence-electron chi connectivity index (χ4n) is 2.83. The minimum absolute atomic E-state index is 0.0659. The highest BCUT2D eigenvalue weighted by Crippen LogP contribution is 2.12. The molecule has 2 aromatic rings. The van der Waals surface area contributed by atoms with Gasteiger partial charge in [-0.25, -0.2) is 4.98 Å². The van der Waals surface area contributed by atoms with Gasteiger partial charge in [-0.2, -0.15) is 0 Å². The van der Waals surface area contributed by atoms with Crippen LogP contribution in [0.5, 0.6) is 0 Å². The second kappa shape index (κ2) is 8.07. The fraction of sp³-hybridized carbons (Fsp3) is 0.333. The van der Waals surface area contributed by atoms with Crippen LogP contribution < -0.4 is 0 Å². The zero-order valence-electron chi connectivity index (χ0n) is 13.8. The Morgan fingerprint density at radius 1 is 1.00 bits per heavy atom. The van der Waals surface area contributed by atoms with Crippen LogP contribution in [0.25, 0.3) is 0 Å². The van der Waals surface area contributed by atoms with Gasteiger partial charge in [-0.15, -0.1) is 0 Å². The molecule has 0 unspecified atom stereocenters. The molecule has 0 N–H and O–H groups in total. The first-order valence-corrected chi connectivity index (χ1v) is 8.59. The van der Waals surface area contributed by atoms with Crippen molar-refractivity contribution in [2.75, 3.05) is 26.2 Å². The lowest BCUT2D eigenvalue weighted by atomic mass is 10.1. The highest BCUT2D eigenvalue weighted by Gasteiger charge is 2.23. The average Bonchev–Trinajstić information content (AvgIpc) is 2.90. The summed E-state index contributed by atoms with van der Waals surface area (Å²) in [7, 11) is 0. The van der Waals surface area contributed by atoms with Gasteiger partial charge in [0.2, 0.25) is 5.91 Å². The molecule has 1 aliphatic rings. The standard InChI is InChI=1S/C18H19ClN4O2/c19-15-4-2-14(3-5-15)12-17(24)22-8-1-9-23(11-10-22)18(25)16-13-20-6-7-21-16/h2-7,13H,1,8-12H2. The van der Waals surface area contributed by atoms with Crippen LogP contribution in [0.2, 0.25) is 5.02 Å². The molecule has 0 aliphatic carbocycles. The quantitative estimate of drug-likeness (QED) is 0.842. The Morgan fingerprint density at radius 2 is 1.72 bits per heavy atom. The minimum atomic E-state index is -0.139. The maximum absolute atomic E-state index is 12.5. The van der Waals surface area contributed by atoms with Crippen LogP contribution in [0, 0.1) is 0 Å². The summed E-state index contributed by atoms with van der Waals surface area (Å²) >= 11 is 5.87. The van der Waals surface area contributed by atoms with Gasteiger partial charge in [0.15, 0.2) is 0 Å². The Morgan fingerprint density at radius 3 is 2.44 bits per heavy atom. The fourth-order valence-corrected chi connectivity index (χ4v) is 2.96. The van der Waals surface area contributed by atoms with E-state index in [1.807, 2.05) is 17.0 Å². The second-order valence-electron chi connectivity index (χ2n) is 5.92. The number of carbonyl (C=O) groups excluding carboxylic acids is 2. The molecule has 25 heavy (non-hydrogen) atoms. The van der Waals surface area contributed by atoms with E-state index >= 15 is 0 Å². The number of rotatable bonds is 3. The van der Waals surface area contributed by atoms with Gasteiger partial charge in [-0.05, 0) is 24.1 Å². The van der Waals surface area contributed by atoms with Crippen LogP contribution in [0.3, 0.4) is 0 Å². The molecular formula is C18H19ClN4O2. The van der Waals surface area contributed by atoms with Crippen LogP contribution in [0.4, 0.5) is 0 Å². The molecule has 1 fully saturated rings. The number of amides is 2. The lowest BCUT2D eigenvalue weighted by molar-refractivity contribution is -0.130. The van der Waals surface area contributed by atoms with Gasteiger partial charge in [0.1, 0.15) is 5.69 Å². The Balaban J connectivity index is 1.58. The number of nitrogens with zero attached hydrogens (tertiary/aromatic N) is 4. The molecule has 1 saturated heterocycles. The maximum atomic E-state index is 12.5. The zero-order valence-corrected chi connectivity index (χ0v) is 14.5. The van der Waals surface area contributed by atoms with E-state index in [0.29, 0.717) is 43.3 Å². The molecule has 6 nitrogen and oxygen atoms in total. The molecule has 130 valence electrons. The third-order valence-corrected chi connectivity index (χ3v) is 4.44.